The molecule has 0 radical (unpaired) electrons. The lowest BCUT2D eigenvalue weighted by Crippen LogP contribution is -2.60. The van der Waals surface area contributed by atoms with Crippen molar-refractivity contribution >= 4 is 17.7 Å². The van der Waals surface area contributed by atoms with E-state index in [9.17, 15) is 29.7 Å². The molecule has 0 spiro atoms. The van der Waals surface area contributed by atoms with Crippen LogP contribution in [0.1, 0.15) is 80.3 Å². The molecular weight excluding hydrogens is 648 g/mol. The van der Waals surface area contributed by atoms with Crippen LogP contribution in [0.4, 0.5) is 0 Å². The zero-order valence-electron chi connectivity index (χ0n) is 31.6. The topological polar surface area (TPSA) is 174 Å². The summed E-state index contributed by atoms with van der Waals surface area (Å²) in [7, 11) is 5.20. The molecule has 0 aliphatic carbocycles. The number of Topliss-reactive ketones (excluding diaryl/α,β-unsaturated/α-hetero) is 1. The average molecular weight is 709 g/mol. The van der Waals surface area contributed by atoms with Crippen molar-refractivity contribution in [3.05, 3.63) is 30.1 Å². The number of nitrogens with zero attached hydrogens (tertiary/aromatic N) is 2. The number of aliphatic hydroxyl groups excluding tert-OH is 2. The van der Waals surface area contributed by atoms with Gasteiger partial charge in [0.2, 0.25) is 0 Å². The minimum Gasteiger partial charge on any atom is -0.461 e. The standard InChI is InChI=1S/C37H60N2O11/c1-12-27-37(8,45)32(43)22(4)29(41)20(2)19-36(7,46-11)33(50-35-30(42)26(39(9)10)17-21(3)47-35)23(5)31(24(6)34(44)48-27)49-28(40)18-25-15-13-14-16-38-25/h13-16,20-24,26-27,30-33,35,42-43,45H,12,17-19H2,1-11H3/t20-,21-,22+,23+,24-,26+,27-,30-,31+,32-,33-,35?,36+,37-/m1/s1. The molecule has 13 nitrogen and oxygen atoms in total. The van der Waals surface area contributed by atoms with Crippen molar-refractivity contribution in [2.45, 2.75) is 141 Å². The Hall–Kier alpha value is -2.52. The van der Waals surface area contributed by atoms with E-state index in [1.165, 1.54) is 21.0 Å². The molecule has 13 heteroatoms. The van der Waals surface area contributed by atoms with Crippen LogP contribution in [0.15, 0.2) is 24.4 Å². The van der Waals surface area contributed by atoms with Gasteiger partial charge in [0.25, 0.3) is 0 Å². The van der Waals surface area contributed by atoms with Gasteiger partial charge < -0.3 is 43.9 Å². The van der Waals surface area contributed by atoms with Crippen molar-refractivity contribution < 1.29 is 53.4 Å². The predicted molar refractivity (Wildman–Crippen MR) is 184 cm³/mol. The summed E-state index contributed by atoms with van der Waals surface area (Å²) < 4.78 is 31.0. The van der Waals surface area contributed by atoms with E-state index < -0.39 is 83.6 Å². The summed E-state index contributed by atoms with van der Waals surface area (Å²) in [5.74, 6) is -5.43. The first-order chi connectivity index (χ1) is 23.3. The molecule has 2 aliphatic heterocycles. The first-order valence-corrected chi connectivity index (χ1v) is 17.7. The van der Waals surface area contributed by atoms with Crippen LogP contribution in [0.5, 0.6) is 0 Å². The highest BCUT2D eigenvalue weighted by atomic mass is 16.7. The van der Waals surface area contributed by atoms with Gasteiger partial charge in [-0.15, -0.1) is 0 Å². The quantitative estimate of drug-likeness (QED) is 0.337. The van der Waals surface area contributed by atoms with E-state index in [1.54, 1.807) is 59.0 Å². The van der Waals surface area contributed by atoms with Gasteiger partial charge in [0.05, 0.1) is 41.9 Å². The Morgan fingerprint density at radius 3 is 2.30 bits per heavy atom. The van der Waals surface area contributed by atoms with Crippen molar-refractivity contribution in [3.63, 3.8) is 0 Å². The molecular formula is C37H60N2O11. The van der Waals surface area contributed by atoms with Gasteiger partial charge in [-0.25, -0.2) is 0 Å². The second-order valence-corrected chi connectivity index (χ2v) is 15.0. The molecule has 1 aromatic heterocycles. The minimum atomic E-state index is -1.98. The molecule has 2 saturated heterocycles. The molecule has 2 aliphatic rings. The number of hydrogen-bond donors (Lipinski definition) is 3. The molecule has 50 heavy (non-hydrogen) atoms. The fraction of sp³-hybridized carbons (Fsp3) is 0.784. The second-order valence-electron chi connectivity index (χ2n) is 15.0. The summed E-state index contributed by atoms with van der Waals surface area (Å²) in [6, 6.07) is 4.87. The van der Waals surface area contributed by atoms with Gasteiger partial charge >= 0.3 is 11.9 Å². The third-order valence-corrected chi connectivity index (χ3v) is 10.8. The Labute approximate surface area is 297 Å². The van der Waals surface area contributed by atoms with Crippen LogP contribution in [-0.4, -0.2) is 124 Å². The van der Waals surface area contributed by atoms with Gasteiger partial charge in [-0.2, -0.15) is 0 Å². The monoisotopic (exact) mass is 708 g/mol. The number of ether oxygens (including phenoxy) is 5. The van der Waals surface area contributed by atoms with Gasteiger partial charge in [-0.3, -0.25) is 19.4 Å². The van der Waals surface area contributed by atoms with E-state index >= 15 is 0 Å². The summed E-state index contributed by atoms with van der Waals surface area (Å²) in [4.78, 5) is 47.5. The predicted octanol–water partition coefficient (Wildman–Crippen LogP) is 2.70. The largest absolute Gasteiger partial charge is 0.461 e. The van der Waals surface area contributed by atoms with E-state index in [4.69, 9.17) is 23.7 Å². The van der Waals surface area contributed by atoms with Crippen LogP contribution in [0.25, 0.3) is 0 Å². The Morgan fingerprint density at radius 1 is 1.08 bits per heavy atom. The normalized spacial score (nSPS) is 40.9. The number of rotatable bonds is 8. The second kappa shape index (κ2) is 17.3. The van der Waals surface area contributed by atoms with E-state index in [2.05, 4.69) is 4.98 Å². The SMILES string of the molecule is CC[C@H]1OC(=O)[C@H](C)[C@@H](OC(=O)Cc2ccccn2)[C@H](C)[C@@H](OC2O[C@H](C)C[C@H](N(C)C)[C@H]2O)[C@@](C)(OC)C[C@@H](C)C(=O)[C@H](C)[C@@H](O)[C@]1(C)O. The van der Waals surface area contributed by atoms with Crippen molar-refractivity contribution in [1.29, 1.82) is 0 Å². The number of cyclic esters (lactones) is 1. The third-order valence-electron chi connectivity index (χ3n) is 10.8. The van der Waals surface area contributed by atoms with Crippen LogP contribution in [0, 0.1) is 23.7 Å². The zero-order valence-corrected chi connectivity index (χ0v) is 31.6. The third kappa shape index (κ3) is 9.47. The lowest BCUT2D eigenvalue weighted by atomic mass is 9.74. The Balaban J connectivity index is 2.18. The van der Waals surface area contributed by atoms with Gasteiger partial charge in [0.1, 0.15) is 29.7 Å². The van der Waals surface area contributed by atoms with Crippen LogP contribution >= 0.6 is 0 Å². The summed E-state index contributed by atoms with van der Waals surface area (Å²) in [5.41, 5.74) is -2.80. The van der Waals surface area contributed by atoms with Gasteiger partial charge in [0.15, 0.2) is 6.29 Å². The molecule has 14 atom stereocenters. The number of hydrogen-bond acceptors (Lipinski definition) is 13. The molecule has 0 aromatic carbocycles. The molecule has 0 bridgehead atoms. The van der Waals surface area contributed by atoms with E-state index in [0.717, 1.165) is 0 Å². The van der Waals surface area contributed by atoms with Crippen LogP contribution in [0.3, 0.4) is 0 Å². The maximum Gasteiger partial charge on any atom is 0.312 e. The highest BCUT2D eigenvalue weighted by molar-refractivity contribution is 5.83. The minimum absolute atomic E-state index is 0.0800. The van der Waals surface area contributed by atoms with E-state index in [1.807, 2.05) is 25.9 Å². The number of esters is 2. The Bertz CT molecular complexity index is 1280. The molecule has 3 rings (SSSR count). The van der Waals surface area contributed by atoms with E-state index in [-0.39, 0.29) is 37.2 Å². The number of carbonyl (C=O) groups excluding carboxylic acids is 3. The fourth-order valence-corrected chi connectivity index (χ4v) is 7.63. The summed E-state index contributed by atoms with van der Waals surface area (Å²) in [6.07, 6.45) is -5.29. The lowest BCUT2D eigenvalue weighted by Gasteiger charge is -2.48. The maximum atomic E-state index is 14.0. The Kier molecular flexibility index (Phi) is 14.5. The van der Waals surface area contributed by atoms with Crippen LogP contribution in [0.2, 0.25) is 0 Å². The van der Waals surface area contributed by atoms with Crippen LogP contribution in [-0.2, 0) is 44.5 Å². The smallest absolute Gasteiger partial charge is 0.312 e. The number of likely N-dealkylation sites (N-methyl/N-ethyl adjacent to an activating group) is 1. The highest BCUT2D eigenvalue weighted by Crippen LogP contribution is 2.40. The van der Waals surface area contributed by atoms with Gasteiger partial charge in [-0.1, -0.05) is 33.8 Å². The number of aliphatic hydroxyl groups is 3. The van der Waals surface area contributed by atoms with Crippen molar-refractivity contribution in [1.82, 2.24) is 9.88 Å². The van der Waals surface area contributed by atoms with Crippen LogP contribution < -0.4 is 0 Å². The van der Waals surface area contributed by atoms with Crippen molar-refractivity contribution in [3.8, 4) is 0 Å². The number of aromatic nitrogens is 1. The number of carbonyl (C=O) groups is 3. The van der Waals surface area contributed by atoms with Gasteiger partial charge in [0, 0.05) is 37.1 Å². The summed E-state index contributed by atoms with van der Waals surface area (Å²) >= 11 is 0. The maximum absolute atomic E-state index is 14.0. The van der Waals surface area contributed by atoms with Crippen molar-refractivity contribution in [2.24, 2.45) is 23.7 Å². The summed E-state index contributed by atoms with van der Waals surface area (Å²) in [6.45, 7) is 13.2. The summed E-state index contributed by atoms with van der Waals surface area (Å²) in [5, 5.41) is 34.4. The molecule has 284 valence electrons. The van der Waals surface area contributed by atoms with Gasteiger partial charge in [-0.05, 0) is 73.2 Å². The number of methoxy groups -OCH3 is 1. The molecule has 0 amide bonds. The zero-order chi connectivity index (χ0) is 37.7. The average Bonchev–Trinajstić information content (AvgIpc) is 3.07. The van der Waals surface area contributed by atoms with E-state index in [0.29, 0.717) is 12.1 Å². The highest BCUT2D eigenvalue weighted by Gasteiger charge is 2.52. The Morgan fingerprint density at radius 2 is 1.74 bits per heavy atom. The number of ketones is 1. The fourth-order valence-electron chi connectivity index (χ4n) is 7.63. The van der Waals surface area contributed by atoms with Crippen molar-refractivity contribution in [2.75, 3.05) is 21.2 Å². The first kappa shape index (κ1) is 41.9. The molecule has 1 aromatic rings. The number of pyridine rings is 1. The molecule has 1 unspecified atom stereocenters. The lowest BCUT2D eigenvalue weighted by molar-refractivity contribution is -0.301. The molecule has 2 fully saturated rings. The molecule has 0 saturated carbocycles. The molecule has 3 N–H and O–H groups in total. The first-order valence-electron chi connectivity index (χ1n) is 17.7. The molecule has 3 heterocycles.